The second-order valence-electron chi connectivity index (χ2n) is 10.1. The highest BCUT2D eigenvalue weighted by molar-refractivity contribution is 7.92. The van der Waals surface area contributed by atoms with Crippen LogP contribution in [0, 0.1) is 0 Å². The Morgan fingerprint density at radius 3 is 2.48 bits per heavy atom. The number of aromatic nitrogens is 4. The minimum absolute atomic E-state index is 0.249. The molecule has 0 bridgehead atoms. The summed E-state index contributed by atoms with van der Waals surface area (Å²) in [6.45, 7) is 6.04. The number of benzene rings is 2. The molecule has 5 rings (SSSR count). The summed E-state index contributed by atoms with van der Waals surface area (Å²) in [6, 6.07) is 7.59. The Morgan fingerprint density at radius 2 is 1.79 bits per heavy atom. The molecule has 0 atom stereocenters. The van der Waals surface area contributed by atoms with E-state index < -0.39 is 10.0 Å². The first-order valence-electron chi connectivity index (χ1n) is 13.5. The fourth-order valence-corrected chi connectivity index (χ4v) is 5.53. The van der Waals surface area contributed by atoms with E-state index in [1.807, 2.05) is 0 Å². The van der Waals surface area contributed by atoms with Crippen LogP contribution in [0.5, 0.6) is 5.75 Å². The molecule has 0 spiro atoms. The quantitative estimate of drug-likeness (QED) is 0.281. The molecular formula is C28H34ClN9O3S. The summed E-state index contributed by atoms with van der Waals surface area (Å²) < 4.78 is 32.0. The Hall–Kier alpha value is -3.94. The Balaban J connectivity index is 1.49. The summed E-state index contributed by atoms with van der Waals surface area (Å²) in [5.74, 6) is 1.23. The zero-order chi connectivity index (χ0) is 30.0. The predicted octanol–water partition coefficient (Wildman–Crippen LogP) is 4.28. The number of likely N-dealkylation sites (N-methyl/N-ethyl adjacent to an activating group) is 1. The summed E-state index contributed by atoms with van der Waals surface area (Å²) in [5, 5.41) is 6.71. The van der Waals surface area contributed by atoms with Crippen molar-refractivity contribution in [3.05, 3.63) is 53.4 Å². The molecule has 0 radical (unpaired) electrons. The van der Waals surface area contributed by atoms with Gasteiger partial charge in [-0.2, -0.15) is 4.98 Å². The zero-order valence-corrected chi connectivity index (χ0v) is 25.8. The van der Waals surface area contributed by atoms with Crippen LogP contribution >= 0.6 is 11.6 Å². The molecule has 2 N–H and O–H groups in total. The Kier molecular flexibility index (Phi) is 8.53. The van der Waals surface area contributed by atoms with Crippen LogP contribution in [0.15, 0.2) is 42.9 Å². The van der Waals surface area contributed by atoms with Gasteiger partial charge < -0.3 is 25.2 Å². The molecule has 1 aliphatic heterocycles. The average Bonchev–Trinajstić information content (AvgIpc) is 2.98. The molecule has 1 fully saturated rings. The van der Waals surface area contributed by atoms with Crippen LogP contribution in [0.1, 0.15) is 12.5 Å². The lowest BCUT2D eigenvalue weighted by atomic mass is 10.1. The Bertz CT molecular complexity index is 1710. The van der Waals surface area contributed by atoms with Crippen LogP contribution in [-0.4, -0.2) is 86.9 Å². The maximum Gasteiger partial charge on any atom is 0.232 e. The second-order valence-corrected chi connectivity index (χ2v) is 12.5. The molecule has 12 nitrogen and oxygen atoms in total. The first-order valence-corrected chi connectivity index (χ1v) is 15.7. The maximum atomic E-state index is 12.5. The number of methoxy groups -OCH3 is 1. The van der Waals surface area contributed by atoms with E-state index in [9.17, 15) is 8.42 Å². The van der Waals surface area contributed by atoms with E-state index in [1.54, 1.807) is 25.4 Å². The average molecular weight is 612 g/mol. The first-order chi connectivity index (χ1) is 20.1. The normalized spacial score (nSPS) is 14.2. The second kappa shape index (κ2) is 12.1. The number of ether oxygens (including phenoxy) is 1. The third-order valence-corrected chi connectivity index (χ3v) is 8.75. The lowest BCUT2D eigenvalue weighted by molar-refractivity contribution is 0.312. The molecule has 4 aromatic rings. The van der Waals surface area contributed by atoms with E-state index in [2.05, 4.69) is 66.5 Å². The number of sulfonamides is 1. The van der Waals surface area contributed by atoms with Crippen molar-refractivity contribution in [2.75, 3.05) is 73.5 Å². The fourth-order valence-electron chi connectivity index (χ4n) is 4.88. The molecule has 222 valence electrons. The Labute approximate surface area is 250 Å². The van der Waals surface area contributed by atoms with Gasteiger partial charge >= 0.3 is 0 Å². The molecule has 1 saturated heterocycles. The van der Waals surface area contributed by atoms with Gasteiger partial charge in [-0.1, -0.05) is 18.5 Å². The van der Waals surface area contributed by atoms with Gasteiger partial charge in [0, 0.05) is 57.4 Å². The van der Waals surface area contributed by atoms with Crippen LogP contribution in [0.4, 0.5) is 34.5 Å². The van der Waals surface area contributed by atoms with Crippen LogP contribution in [0.3, 0.4) is 0 Å². The minimum atomic E-state index is -3.62. The SMILES string of the molecule is CCc1cc(Nc2ncc(Cl)c(Nc3ccc4nccnc4c3N(C)S(C)(=O)=O)n2)c(OC)cc1N1CCN(C)CC1. The van der Waals surface area contributed by atoms with Crippen molar-refractivity contribution in [3.8, 4) is 5.75 Å². The van der Waals surface area contributed by atoms with Gasteiger partial charge in [-0.3, -0.25) is 14.3 Å². The molecular weight excluding hydrogens is 578 g/mol. The Morgan fingerprint density at radius 1 is 1.05 bits per heavy atom. The van der Waals surface area contributed by atoms with Crippen LogP contribution in [0.25, 0.3) is 11.0 Å². The fraction of sp³-hybridized carbons (Fsp3) is 0.357. The number of aryl methyl sites for hydroxylation is 1. The smallest absolute Gasteiger partial charge is 0.232 e. The number of hydrogen-bond acceptors (Lipinski definition) is 11. The molecule has 0 amide bonds. The van der Waals surface area contributed by atoms with Crippen molar-refractivity contribution >= 4 is 67.2 Å². The number of piperazine rings is 1. The van der Waals surface area contributed by atoms with Crippen molar-refractivity contribution in [1.29, 1.82) is 0 Å². The van der Waals surface area contributed by atoms with Gasteiger partial charge in [-0.15, -0.1) is 0 Å². The molecule has 42 heavy (non-hydrogen) atoms. The predicted molar refractivity (Wildman–Crippen MR) is 168 cm³/mol. The summed E-state index contributed by atoms with van der Waals surface area (Å²) in [4.78, 5) is 22.4. The summed E-state index contributed by atoms with van der Waals surface area (Å²) in [6.07, 6.45) is 6.51. The highest BCUT2D eigenvalue weighted by atomic mass is 35.5. The summed E-state index contributed by atoms with van der Waals surface area (Å²) in [7, 11) is 1.61. The molecule has 14 heteroatoms. The molecule has 2 aromatic carbocycles. The van der Waals surface area contributed by atoms with E-state index in [-0.39, 0.29) is 16.8 Å². The van der Waals surface area contributed by atoms with E-state index in [1.165, 1.54) is 25.0 Å². The molecule has 0 aliphatic carbocycles. The number of fused-ring (bicyclic) bond motifs is 1. The standard InChI is InChI=1S/C28H34ClN9O3S/c1-6-18-15-22(24(41-4)16-23(18)38-13-11-36(2)12-14-38)34-28-32-17-19(29)27(35-28)33-21-8-7-20-25(31-10-9-30-20)26(21)37(3)42(5,39)40/h7-10,15-17H,6,11-14H2,1-5H3,(H2,32,33,34,35). The number of anilines is 6. The van der Waals surface area contributed by atoms with E-state index in [4.69, 9.17) is 16.3 Å². The van der Waals surface area contributed by atoms with Crippen LogP contribution in [-0.2, 0) is 16.4 Å². The number of nitrogens with one attached hydrogen (secondary N) is 2. The molecule has 0 unspecified atom stereocenters. The van der Waals surface area contributed by atoms with Gasteiger partial charge in [0.2, 0.25) is 16.0 Å². The highest BCUT2D eigenvalue weighted by Crippen LogP contribution is 2.38. The molecule has 0 saturated carbocycles. The lowest BCUT2D eigenvalue weighted by Gasteiger charge is -2.35. The monoisotopic (exact) mass is 611 g/mol. The number of nitrogens with zero attached hydrogens (tertiary/aromatic N) is 7. The molecule has 2 aromatic heterocycles. The van der Waals surface area contributed by atoms with Gasteiger partial charge in [0.05, 0.1) is 36.5 Å². The van der Waals surface area contributed by atoms with Crippen molar-refractivity contribution in [2.24, 2.45) is 0 Å². The van der Waals surface area contributed by atoms with Crippen LogP contribution in [0.2, 0.25) is 5.02 Å². The van der Waals surface area contributed by atoms with Crippen molar-refractivity contribution in [3.63, 3.8) is 0 Å². The highest BCUT2D eigenvalue weighted by Gasteiger charge is 2.23. The van der Waals surface area contributed by atoms with E-state index >= 15 is 0 Å². The van der Waals surface area contributed by atoms with Crippen molar-refractivity contribution in [2.45, 2.75) is 13.3 Å². The largest absolute Gasteiger partial charge is 0.494 e. The maximum absolute atomic E-state index is 12.5. The van der Waals surface area contributed by atoms with E-state index in [0.717, 1.165) is 54.5 Å². The van der Waals surface area contributed by atoms with Crippen molar-refractivity contribution < 1.29 is 13.2 Å². The van der Waals surface area contributed by atoms with Gasteiger partial charge in [0.1, 0.15) is 22.0 Å². The topological polar surface area (TPSA) is 129 Å². The van der Waals surface area contributed by atoms with Gasteiger partial charge in [-0.05, 0) is 37.2 Å². The first kappa shape index (κ1) is 29.5. The van der Waals surface area contributed by atoms with E-state index in [0.29, 0.717) is 28.2 Å². The zero-order valence-electron chi connectivity index (χ0n) is 24.2. The summed E-state index contributed by atoms with van der Waals surface area (Å²) >= 11 is 6.50. The minimum Gasteiger partial charge on any atom is -0.494 e. The van der Waals surface area contributed by atoms with Crippen molar-refractivity contribution in [1.82, 2.24) is 24.8 Å². The number of halogens is 1. The molecule has 1 aliphatic rings. The van der Waals surface area contributed by atoms with Gasteiger partial charge in [-0.25, -0.2) is 13.4 Å². The van der Waals surface area contributed by atoms with Crippen LogP contribution < -0.4 is 24.6 Å². The lowest BCUT2D eigenvalue weighted by Crippen LogP contribution is -2.44. The van der Waals surface area contributed by atoms with Gasteiger partial charge in [0.15, 0.2) is 5.82 Å². The third-order valence-electron chi connectivity index (χ3n) is 7.30. The number of rotatable bonds is 9. The van der Waals surface area contributed by atoms with Gasteiger partial charge in [0.25, 0.3) is 0 Å². The number of hydrogen-bond donors (Lipinski definition) is 2. The summed E-state index contributed by atoms with van der Waals surface area (Å²) in [5.41, 5.74) is 4.78. The third kappa shape index (κ3) is 6.13. The molecule has 3 heterocycles.